The van der Waals surface area contributed by atoms with E-state index in [4.69, 9.17) is 5.73 Å². The van der Waals surface area contributed by atoms with Crippen molar-refractivity contribution in [1.29, 1.82) is 0 Å². The second-order valence-electron chi connectivity index (χ2n) is 5.97. The van der Waals surface area contributed by atoms with Gasteiger partial charge in [-0.3, -0.25) is 4.79 Å². The van der Waals surface area contributed by atoms with Crippen molar-refractivity contribution in [2.24, 2.45) is 11.7 Å². The maximum atomic E-state index is 13.9. The van der Waals surface area contributed by atoms with E-state index in [0.29, 0.717) is 6.04 Å². The molecule has 3 N–H and O–H groups in total. The summed E-state index contributed by atoms with van der Waals surface area (Å²) < 4.78 is 13.9. The predicted octanol–water partition coefficient (Wildman–Crippen LogP) is 3.00. The smallest absolute Gasteiger partial charge is 0.220 e. The minimum absolute atomic E-state index is 0.0368. The lowest BCUT2D eigenvalue weighted by Gasteiger charge is -2.33. The minimum atomic E-state index is -0.171. The van der Waals surface area contributed by atoms with Gasteiger partial charge in [-0.2, -0.15) is 0 Å². The number of halogens is 1. The number of carbonyl (C=O) groups excluding carboxylic acids is 1. The van der Waals surface area contributed by atoms with Crippen molar-refractivity contribution in [2.45, 2.75) is 49.1 Å². The second-order valence-corrected chi connectivity index (χ2v) is 7.07. The quantitative estimate of drug-likeness (QED) is 0.902. The number of nitrogens with one attached hydrogen (secondary N) is 1. The molecule has 2 aliphatic rings. The monoisotopic (exact) mass is 308 g/mol. The van der Waals surface area contributed by atoms with Gasteiger partial charge in [0.2, 0.25) is 5.91 Å². The number of thioether (sulfide) groups is 1. The number of amides is 1. The maximum Gasteiger partial charge on any atom is 0.220 e. The zero-order valence-corrected chi connectivity index (χ0v) is 12.8. The Morgan fingerprint density at radius 2 is 2.00 bits per heavy atom. The normalized spacial score (nSPS) is 28.9. The summed E-state index contributed by atoms with van der Waals surface area (Å²) in [5.41, 5.74) is 6.46. The molecule has 1 fully saturated rings. The van der Waals surface area contributed by atoms with Crippen LogP contribution in [0.3, 0.4) is 0 Å². The zero-order chi connectivity index (χ0) is 14.8. The Labute approximate surface area is 128 Å². The Morgan fingerprint density at radius 1 is 1.24 bits per heavy atom. The highest BCUT2D eigenvalue weighted by Crippen LogP contribution is 2.38. The highest BCUT2D eigenvalue weighted by atomic mass is 32.2. The highest BCUT2D eigenvalue weighted by molar-refractivity contribution is 7.99. The molecule has 3 nitrogen and oxygen atoms in total. The summed E-state index contributed by atoms with van der Waals surface area (Å²) in [6.07, 6.45) is 4.70. The average Bonchev–Trinajstić information content (AvgIpc) is 2.49. The van der Waals surface area contributed by atoms with Gasteiger partial charge in [-0.1, -0.05) is 12.1 Å². The number of nitrogens with two attached hydrogens (primary N) is 1. The van der Waals surface area contributed by atoms with Crippen molar-refractivity contribution in [3.63, 3.8) is 0 Å². The fraction of sp³-hybridized carbons (Fsp3) is 0.562. The highest BCUT2D eigenvalue weighted by Gasteiger charge is 2.29. The second kappa shape index (κ2) is 6.36. The molecule has 1 unspecified atom stereocenters. The molecule has 1 amide bonds. The fourth-order valence-corrected chi connectivity index (χ4v) is 4.53. The molecule has 1 aromatic rings. The van der Waals surface area contributed by atoms with Crippen molar-refractivity contribution in [1.82, 2.24) is 5.32 Å². The SMILES string of the molecule is NC(=O)C1CCC(NC2CCSc3c(F)cccc32)CC1. The fourth-order valence-electron chi connectivity index (χ4n) is 3.39. The third-order valence-electron chi connectivity index (χ3n) is 4.59. The number of fused-ring (bicyclic) bond motifs is 1. The summed E-state index contributed by atoms with van der Waals surface area (Å²) in [6.45, 7) is 0. The van der Waals surface area contributed by atoms with E-state index in [-0.39, 0.29) is 23.7 Å². The van der Waals surface area contributed by atoms with E-state index in [1.54, 1.807) is 17.8 Å². The minimum Gasteiger partial charge on any atom is -0.369 e. The molecule has 0 saturated heterocycles. The number of hydrogen-bond donors (Lipinski definition) is 2. The van der Waals surface area contributed by atoms with Gasteiger partial charge in [-0.25, -0.2) is 4.39 Å². The Morgan fingerprint density at radius 3 is 2.71 bits per heavy atom. The lowest BCUT2D eigenvalue weighted by atomic mass is 9.85. The molecule has 1 aliphatic carbocycles. The van der Waals surface area contributed by atoms with Gasteiger partial charge in [0.05, 0.1) is 0 Å². The van der Waals surface area contributed by atoms with Crippen molar-refractivity contribution in [3.05, 3.63) is 29.6 Å². The van der Waals surface area contributed by atoms with Crippen LogP contribution in [0.5, 0.6) is 0 Å². The molecule has 1 heterocycles. The van der Waals surface area contributed by atoms with Gasteiger partial charge in [0.15, 0.2) is 0 Å². The number of primary amides is 1. The third kappa shape index (κ3) is 3.24. The lowest BCUT2D eigenvalue weighted by molar-refractivity contribution is -0.122. The van der Waals surface area contributed by atoms with Gasteiger partial charge in [0.25, 0.3) is 0 Å². The molecule has 5 heteroatoms. The predicted molar refractivity (Wildman–Crippen MR) is 82.6 cm³/mol. The first-order valence-electron chi connectivity index (χ1n) is 7.61. The molecule has 0 radical (unpaired) electrons. The van der Waals surface area contributed by atoms with Gasteiger partial charge >= 0.3 is 0 Å². The molecule has 1 aromatic carbocycles. The van der Waals surface area contributed by atoms with E-state index in [2.05, 4.69) is 5.32 Å². The molecular weight excluding hydrogens is 287 g/mol. The van der Waals surface area contributed by atoms with E-state index >= 15 is 0 Å². The van der Waals surface area contributed by atoms with Crippen LogP contribution in [0.15, 0.2) is 23.1 Å². The lowest BCUT2D eigenvalue weighted by Crippen LogP contribution is -2.39. The summed E-state index contributed by atoms with van der Waals surface area (Å²) >= 11 is 1.61. The van der Waals surface area contributed by atoms with Crippen LogP contribution >= 0.6 is 11.8 Å². The number of hydrogen-bond acceptors (Lipinski definition) is 3. The Hall–Kier alpha value is -1.07. The molecule has 0 spiro atoms. The van der Waals surface area contributed by atoms with Crippen LogP contribution in [0.2, 0.25) is 0 Å². The van der Waals surface area contributed by atoms with Crippen LogP contribution in [0.4, 0.5) is 4.39 Å². The molecule has 0 aromatic heterocycles. The van der Waals surface area contributed by atoms with E-state index in [1.807, 2.05) is 6.07 Å². The zero-order valence-electron chi connectivity index (χ0n) is 12.0. The molecular formula is C16H21FN2OS. The van der Waals surface area contributed by atoms with Crippen molar-refractivity contribution >= 4 is 17.7 Å². The third-order valence-corrected chi connectivity index (χ3v) is 5.75. The molecule has 21 heavy (non-hydrogen) atoms. The van der Waals surface area contributed by atoms with Gasteiger partial charge in [-0.15, -0.1) is 11.8 Å². The first-order chi connectivity index (χ1) is 10.1. The number of rotatable bonds is 3. The van der Waals surface area contributed by atoms with Crippen molar-refractivity contribution in [2.75, 3.05) is 5.75 Å². The van der Waals surface area contributed by atoms with E-state index in [1.165, 1.54) is 6.07 Å². The Kier molecular flexibility index (Phi) is 4.50. The first-order valence-corrected chi connectivity index (χ1v) is 8.60. The largest absolute Gasteiger partial charge is 0.369 e. The van der Waals surface area contributed by atoms with Crippen molar-refractivity contribution < 1.29 is 9.18 Å². The van der Waals surface area contributed by atoms with E-state index in [0.717, 1.165) is 48.3 Å². The van der Waals surface area contributed by atoms with Crippen LogP contribution in [0.1, 0.15) is 43.7 Å². The van der Waals surface area contributed by atoms with Crippen LogP contribution in [0.25, 0.3) is 0 Å². The molecule has 1 atom stereocenters. The van der Waals surface area contributed by atoms with E-state index < -0.39 is 0 Å². The summed E-state index contributed by atoms with van der Waals surface area (Å²) in [7, 11) is 0. The maximum absolute atomic E-state index is 13.9. The van der Waals surface area contributed by atoms with Crippen molar-refractivity contribution in [3.8, 4) is 0 Å². The van der Waals surface area contributed by atoms with Gasteiger partial charge < -0.3 is 11.1 Å². The molecule has 0 bridgehead atoms. The molecule has 1 saturated carbocycles. The first kappa shape index (κ1) is 14.9. The van der Waals surface area contributed by atoms with E-state index in [9.17, 15) is 9.18 Å². The summed E-state index contributed by atoms with van der Waals surface area (Å²) in [5, 5.41) is 3.67. The molecule has 114 valence electrons. The van der Waals surface area contributed by atoms with Gasteiger partial charge in [0.1, 0.15) is 5.82 Å². The standard InChI is InChI=1S/C16H21FN2OS/c17-13-3-1-2-12-14(8-9-21-15(12)13)19-11-6-4-10(5-7-11)16(18)20/h1-3,10-11,14,19H,4-9H2,(H2,18,20). The number of carbonyl (C=O) groups is 1. The summed E-state index contributed by atoms with van der Waals surface area (Å²) in [5.74, 6) is 0.702. The Balaban J connectivity index is 1.65. The van der Waals surface area contributed by atoms with Crippen LogP contribution in [-0.4, -0.2) is 17.7 Å². The van der Waals surface area contributed by atoms with Crippen LogP contribution < -0.4 is 11.1 Å². The van der Waals surface area contributed by atoms with Gasteiger partial charge in [0, 0.05) is 22.9 Å². The summed E-state index contributed by atoms with van der Waals surface area (Å²) in [6, 6.07) is 5.99. The van der Waals surface area contributed by atoms with Crippen LogP contribution in [-0.2, 0) is 4.79 Å². The summed E-state index contributed by atoms with van der Waals surface area (Å²) in [4.78, 5) is 12.0. The van der Waals surface area contributed by atoms with Gasteiger partial charge in [-0.05, 0) is 49.5 Å². The van der Waals surface area contributed by atoms with Crippen LogP contribution in [0, 0.1) is 11.7 Å². The molecule has 1 aliphatic heterocycles. The average molecular weight is 308 g/mol. The number of benzene rings is 1. The molecule has 3 rings (SSSR count). The Bertz CT molecular complexity index is 529. The topological polar surface area (TPSA) is 55.1 Å².